The summed E-state index contributed by atoms with van der Waals surface area (Å²) in [6, 6.07) is 0.715. The van der Waals surface area contributed by atoms with Gasteiger partial charge in [0.05, 0.1) is 0 Å². The number of hydrogen-bond acceptors (Lipinski definition) is 3. The van der Waals surface area contributed by atoms with Crippen LogP contribution < -0.4 is 4.90 Å². The SMILES string of the molecule is C/C=C\N(c1nccs1)C1CC1. The molecule has 0 spiro atoms. The molecule has 0 atom stereocenters. The van der Waals surface area contributed by atoms with Crippen LogP contribution in [-0.4, -0.2) is 11.0 Å². The molecule has 64 valence electrons. The van der Waals surface area contributed by atoms with Gasteiger partial charge in [-0.05, 0) is 19.8 Å². The minimum Gasteiger partial charge on any atom is -0.322 e. The molecule has 1 aromatic rings. The van der Waals surface area contributed by atoms with E-state index in [0.29, 0.717) is 6.04 Å². The summed E-state index contributed by atoms with van der Waals surface area (Å²) < 4.78 is 0. The Morgan fingerprint density at radius 1 is 1.67 bits per heavy atom. The lowest BCUT2D eigenvalue weighted by Crippen LogP contribution is -2.17. The Kier molecular flexibility index (Phi) is 2.13. The van der Waals surface area contributed by atoms with Crippen LogP contribution in [0, 0.1) is 0 Å². The maximum atomic E-state index is 4.29. The van der Waals surface area contributed by atoms with Gasteiger partial charge in [-0.15, -0.1) is 11.3 Å². The molecule has 3 heteroatoms. The van der Waals surface area contributed by atoms with Gasteiger partial charge >= 0.3 is 0 Å². The molecule has 2 rings (SSSR count). The molecule has 1 aliphatic carbocycles. The van der Waals surface area contributed by atoms with Crippen molar-refractivity contribution in [2.45, 2.75) is 25.8 Å². The van der Waals surface area contributed by atoms with Gasteiger partial charge in [0.1, 0.15) is 0 Å². The number of aromatic nitrogens is 1. The highest BCUT2D eigenvalue weighted by atomic mass is 32.1. The van der Waals surface area contributed by atoms with Crippen LogP contribution >= 0.6 is 11.3 Å². The maximum absolute atomic E-state index is 4.29. The summed E-state index contributed by atoms with van der Waals surface area (Å²) >= 11 is 1.70. The fourth-order valence-electron chi connectivity index (χ4n) is 1.20. The Bertz CT molecular complexity index is 262. The van der Waals surface area contributed by atoms with Crippen LogP contribution in [-0.2, 0) is 0 Å². The van der Waals surface area contributed by atoms with Gasteiger partial charge in [0, 0.05) is 23.8 Å². The predicted molar refractivity (Wildman–Crippen MR) is 52.4 cm³/mol. The third kappa shape index (κ3) is 1.50. The first-order valence-corrected chi connectivity index (χ1v) is 5.10. The summed E-state index contributed by atoms with van der Waals surface area (Å²) in [5.74, 6) is 0. The second-order valence-corrected chi connectivity index (χ2v) is 3.81. The standard InChI is InChI=1S/C9H12N2S/c1-2-6-11(8-3-4-8)9-10-5-7-12-9/h2,5-8H,3-4H2,1H3/b6-2-. The minimum atomic E-state index is 0.715. The van der Waals surface area contributed by atoms with Gasteiger partial charge < -0.3 is 4.90 Å². The highest BCUT2D eigenvalue weighted by molar-refractivity contribution is 7.13. The topological polar surface area (TPSA) is 16.1 Å². The number of hydrogen-bond donors (Lipinski definition) is 0. The number of anilines is 1. The van der Waals surface area contributed by atoms with Crippen molar-refractivity contribution < 1.29 is 0 Å². The van der Waals surface area contributed by atoms with Crippen molar-refractivity contribution in [3.8, 4) is 0 Å². The first-order chi connectivity index (χ1) is 5.92. The third-order valence-corrected chi connectivity index (χ3v) is 2.67. The number of nitrogens with zero attached hydrogens (tertiary/aromatic N) is 2. The second kappa shape index (κ2) is 3.27. The molecular formula is C9H12N2S. The van der Waals surface area contributed by atoms with E-state index in [-0.39, 0.29) is 0 Å². The van der Waals surface area contributed by atoms with E-state index in [9.17, 15) is 0 Å². The van der Waals surface area contributed by atoms with Gasteiger partial charge in [0.15, 0.2) is 5.13 Å². The summed E-state index contributed by atoms with van der Waals surface area (Å²) in [6.07, 6.45) is 8.67. The van der Waals surface area contributed by atoms with Crippen LogP contribution in [0.15, 0.2) is 23.9 Å². The second-order valence-electron chi connectivity index (χ2n) is 2.94. The molecule has 0 aromatic carbocycles. The summed E-state index contributed by atoms with van der Waals surface area (Å²) in [5.41, 5.74) is 0. The maximum Gasteiger partial charge on any atom is 0.189 e. The van der Waals surface area contributed by atoms with Crippen LogP contribution in [0.3, 0.4) is 0 Å². The van der Waals surface area contributed by atoms with Crippen LogP contribution in [0.5, 0.6) is 0 Å². The summed E-state index contributed by atoms with van der Waals surface area (Å²) in [4.78, 5) is 6.56. The van der Waals surface area contributed by atoms with E-state index in [1.807, 2.05) is 18.5 Å². The van der Waals surface area contributed by atoms with Crippen LogP contribution in [0.25, 0.3) is 0 Å². The van der Waals surface area contributed by atoms with E-state index < -0.39 is 0 Å². The van der Waals surface area contributed by atoms with E-state index >= 15 is 0 Å². The zero-order chi connectivity index (χ0) is 8.39. The van der Waals surface area contributed by atoms with Gasteiger partial charge in [0.25, 0.3) is 0 Å². The van der Waals surface area contributed by atoms with Crippen molar-refractivity contribution in [2.24, 2.45) is 0 Å². The zero-order valence-electron chi connectivity index (χ0n) is 7.10. The van der Waals surface area contributed by atoms with Gasteiger partial charge in [-0.1, -0.05) is 6.08 Å². The Hall–Kier alpha value is -0.830. The van der Waals surface area contributed by atoms with Crippen molar-refractivity contribution >= 4 is 16.5 Å². The normalized spacial score (nSPS) is 17.1. The van der Waals surface area contributed by atoms with Crippen LogP contribution in [0.2, 0.25) is 0 Å². The minimum absolute atomic E-state index is 0.715. The first kappa shape index (κ1) is 7.80. The lowest BCUT2D eigenvalue weighted by molar-refractivity contribution is 0.951. The fourth-order valence-corrected chi connectivity index (χ4v) is 1.90. The molecule has 1 heterocycles. The van der Waals surface area contributed by atoms with Crippen molar-refractivity contribution in [3.63, 3.8) is 0 Å². The van der Waals surface area contributed by atoms with E-state index in [0.717, 1.165) is 5.13 Å². The van der Waals surface area contributed by atoms with Gasteiger partial charge in [0.2, 0.25) is 0 Å². The van der Waals surface area contributed by atoms with E-state index in [2.05, 4.69) is 22.2 Å². The van der Waals surface area contributed by atoms with Crippen molar-refractivity contribution in [2.75, 3.05) is 4.90 Å². The molecule has 0 amide bonds. The highest BCUT2D eigenvalue weighted by Crippen LogP contribution is 2.32. The van der Waals surface area contributed by atoms with Gasteiger partial charge in [-0.2, -0.15) is 0 Å². The number of thiazole rings is 1. The Morgan fingerprint density at radius 2 is 2.50 bits per heavy atom. The predicted octanol–water partition coefficient (Wildman–Crippen LogP) is 2.65. The van der Waals surface area contributed by atoms with E-state index in [1.165, 1.54) is 12.8 Å². The molecule has 0 bridgehead atoms. The Balaban J connectivity index is 2.16. The fraction of sp³-hybridized carbons (Fsp3) is 0.444. The zero-order valence-corrected chi connectivity index (χ0v) is 7.92. The van der Waals surface area contributed by atoms with E-state index in [1.54, 1.807) is 11.3 Å². The summed E-state index contributed by atoms with van der Waals surface area (Å²) in [6.45, 7) is 2.04. The smallest absolute Gasteiger partial charge is 0.189 e. The monoisotopic (exact) mass is 180 g/mol. The van der Waals surface area contributed by atoms with Crippen molar-refractivity contribution in [1.82, 2.24) is 4.98 Å². The van der Waals surface area contributed by atoms with Gasteiger partial charge in [-0.25, -0.2) is 4.98 Å². The summed E-state index contributed by atoms with van der Waals surface area (Å²) in [5, 5.41) is 3.14. The average Bonchev–Trinajstić information content (AvgIpc) is 2.77. The first-order valence-electron chi connectivity index (χ1n) is 4.22. The number of allylic oxidation sites excluding steroid dienone is 1. The molecule has 1 aromatic heterocycles. The molecule has 0 radical (unpaired) electrons. The molecule has 0 saturated heterocycles. The average molecular weight is 180 g/mol. The Morgan fingerprint density at radius 3 is 3.00 bits per heavy atom. The molecule has 2 nitrogen and oxygen atoms in total. The van der Waals surface area contributed by atoms with Crippen molar-refractivity contribution in [3.05, 3.63) is 23.9 Å². The van der Waals surface area contributed by atoms with Crippen molar-refractivity contribution in [1.29, 1.82) is 0 Å². The largest absolute Gasteiger partial charge is 0.322 e. The molecule has 1 aliphatic rings. The lowest BCUT2D eigenvalue weighted by atomic mass is 10.5. The summed E-state index contributed by atoms with van der Waals surface area (Å²) in [7, 11) is 0. The highest BCUT2D eigenvalue weighted by Gasteiger charge is 2.28. The molecule has 0 N–H and O–H groups in total. The molecule has 0 aliphatic heterocycles. The molecule has 1 saturated carbocycles. The molecular weight excluding hydrogens is 168 g/mol. The van der Waals surface area contributed by atoms with E-state index in [4.69, 9.17) is 0 Å². The van der Waals surface area contributed by atoms with Crippen LogP contribution in [0.1, 0.15) is 19.8 Å². The molecule has 1 fully saturated rings. The lowest BCUT2D eigenvalue weighted by Gasteiger charge is -2.15. The van der Waals surface area contributed by atoms with Crippen LogP contribution in [0.4, 0.5) is 5.13 Å². The molecule has 12 heavy (non-hydrogen) atoms. The molecule has 0 unspecified atom stereocenters. The Labute approximate surface area is 76.5 Å². The van der Waals surface area contributed by atoms with Gasteiger partial charge in [-0.3, -0.25) is 0 Å². The quantitative estimate of drug-likeness (QED) is 0.711. The third-order valence-electron chi connectivity index (χ3n) is 1.89. The number of rotatable bonds is 3.